The van der Waals surface area contributed by atoms with Crippen LogP contribution in [0.5, 0.6) is 0 Å². The molecule has 0 saturated carbocycles. The SMILES string of the molecule is Cc1ccc(-n2[nH]c(C(=O)Nc3cc(-c4cc(F)cc(F)c4)[nH]n3)cc2=O)cc1. The maximum absolute atomic E-state index is 13.4. The number of carbonyl (C=O) groups excluding carboxylic acids is 1. The molecule has 146 valence electrons. The zero-order valence-corrected chi connectivity index (χ0v) is 15.2. The molecule has 2 aromatic carbocycles. The standard InChI is InChI=1S/C20H15F2N5O2/c1-11-2-4-15(5-3-11)27-19(28)10-17(26-27)20(29)23-18-9-16(24-25-18)12-6-13(21)8-14(22)7-12/h2-10,26H,1H3,(H2,23,24,25,29). The highest BCUT2D eigenvalue weighted by molar-refractivity contribution is 6.02. The van der Waals surface area contributed by atoms with E-state index in [1.165, 1.54) is 16.8 Å². The predicted molar refractivity (Wildman–Crippen MR) is 103 cm³/mol. The lowest BCUT2D eigenvalue weighted by atomic mass is 10.1. The van der Waals surface area contributed by atoms with E-state index in [9.17, 15) is 18.4 Å². The van der Waals surface area contributed by atoms with Gasteiger partial charge in [0.05, 0.1) is 11.4 Å². The summed E-state index contributed by atoms with van der Waals surface area (Å²) >= 11 is 0. The van der Waals surface area contributed by atoms with E-state index in [-0.39, 0.29) is 17.1 Å². The second-order valence-corrected chi connectivity index (χ2v) is 6.46. The first-order chi connectivity index (χ1) is 13.9. The van der Waals surface area contributed by atoms with Crippen LogP contribution in [0.15, 0.2) is 59.4 Å². The number of aryl methyl sites for hydroxylation is 1. The Bertz CT molecular complexity index is 1230. The van der Waals surface area contributed by atoms with Gasteiger partial charge >= 0.3 is 0 Å². The molecule has 0 radical (unpaired) electrons. The molecule has 0 aliphatic carbocycles. The Balaban J connectivity index is 1.55. The Morgan fingerprint density at radius 3 is 2.41 bits per heavy atom. The molecule has 4 rings (SSSR count). The molecule has 0 aliphatic rings. The number of aromatic nitrogens is 4. The van der Waals surface area contributed by atoms with Gasteiger partial charge in [0.2, 0.25) is 0 Å². The molecule has 0 aliphatic heterocycles. The quantitative estimate of drug-likeness (QED) is 0.494. The minimum Gasteiger partial charge on any atom is -0.304 e. The van der Waals surface area contributed by atoms with Crippen LogP contribution < -0.4 is 10.9 Å². The Morgan fingerprint density at radius 2 is 1.72 bits per heavy atom. The summed E-state index contributed by atoms with van der Waals surface area (Å²) in [6, 6.07) is 12.9. The molecule has 0 unspecified atom stereocenters. The summed E-state index contributed by atoms with van der Waals surface area (Å²) in [5, 5.41) is 11.8. The Morgan fingerprint density at radius 1 is 1.03 bits per heavy atom. The summed E-state index contributed by atoms with van der Waals surface area (Å²) in [5.41, 5.74) is 1.85. The topological polar surface area (TPSA) is 95.6 Å². The highest BCUT2D eigenvalue weighted by Gasteiger charge is 2.14. The Kier molecular flexibility index (Phi) is 4.55. The number of rotatable bonds is 4. The molecule has 2 aromatic heterocycles. The first-order valence-electron chi connectivity index (χ1n) is 8.61. The number of nitrogens with zero attached hydrogens (tertiary/aromatic N) is 2. The maximum atomic E-state index is 13.4. The van der Waals surface area contributed by atoms with Gasteiger partial charge in [-0.15, -0.1) is 0 Å². The Hall–Kier alpha value is -4.01. The van der Waals surface area contributed by atoms with Crippen LogP contribution in [0, 0.1) is 18.6 Å². The van der Waals surface area contributed by atoms with Gasteiger partial charge in [0.15, 0.2) is 5.82 Å². The van der Waals surface area contributed by atoms with Crippen LogP contribution in [0.1, 0.15) is 16.1 Å². The molecule has 0 saturated heterocycles. The van der Waals surface area contributed by atoms with E-state index in [0.29, 0.717) is 11.4 Å². The molecule has 0 atom stereocenters. The van der Waals surface area contributed by atoms with Gasteiger partial charge < -0.3 is 5.32 Å². The van der Waals surface area contributed by atoms with Crippen LogP contribution in [0.4, 0.5) is 14.6 Å². The molecular weight excluding hydrogens is 380 g/mol. The summed E-state index contributed by atoms with van der Waals surface area (Å²) in [6.45, 7) is 1.93. The van der Waals surface area contributed by atoms with Crippen LogP contribution in [0.2, 0.25) is 0 Å². The van der Waals surface area contributed by atoms with Gasteiger partial charge in [0, 0.05) is 23.8 Å². The van der Waals surface area contributed by atoms with Crippen LogP contribution >= 0.6 is 0 Å². The van der Waals surface area contributed by atoms with E-state index in [1.54, 1.807) is 12.1 Å². The lowest BCUT2D eigenvalue weighted by Crippen LogP contribution is -2.14. The van der Waals surface area contributed by atoms with E-state index >= 15 is 0 Å². The van der Waals surface area contributed by atoms with E-state index in [4.69, 9.17) is 0 Å². The number of halogens is 2. The third kappa shape index (κ3) is 3.84. The number of amides is 1. The molecule has 0 fully saturated rings. The van der Waals surface area contributed by atoms with Crippen molar-refractivity contribution < 1.29 is 13.6 Å². The van der Waals surface area contributed by atoms with E-state index in [2.05, 4.69) is 20.6 Å². The van der Waals surface area contributed by atoms with Gasteiger partial charge in [-0.1, -0.05) is 17.7 Å². The molecule has 2 heterocycles. The minimum atomic E-state index is -0.727. The minimum absolute atomic E-state index is 0.0388. The van der Waals surface area contributed by atoms with Crippen molar-refractivity contribution in [3.63, 3.8) is 0 Å². The third-order valence-corrected chi connectivity index (χ3v) is 4.25. The van der Waals surface area contributed by atoms with Crippen molar-refractivity contribution in [2.45, 2.75) is 6.92 Å². The first kappa shape index (κ1) is 18.4. The molecule has 3 N–H and O–H groups in total. The van der Waals surface area contributed by atoms with E-state index in [1.807, 2.05) is 19.1 Å². The number of aromatic amines is 2. The lowest BCUT2D eigenvalue weighted by molar-refractivity contribution is 0.102. The highest BCUT2D eigenvalue weighted by Crippen LogP contribution is 2.22. The number of hydrogen-bond donors (Lipinski definition) is 3. The predicted octanol–water partition coefficient (Wildman–Crippen LogP) is 3.39. The second-order valence-electron chi connectivity index (χ2n) is 6.46. The van der Waals surface area contributed by atoms with E-state index in [0.717, 1.165) is 23.8 Å². The van der Waals surface area contributed by atoms with Gasteiger partial charge in [-0.2, -0.15) is 5.10 Å². The number of H-pyrrole nitrogens is 2. The van der Waals surface area contributed by atoms with Crippen LogP contribution in [0.25, 0.3) is 16.9 Å². The first-order valence-corrected chi connectivity index (χ1v) is 8.61. The van der Waals surface area contributed by atoms with Crippen molar-refractivity contribution in [2.24, 2.45) is 0 Å². The molecular formula is C20H15F2N5O2. The third-order valence-electron chi connectivity index (χ3n) is 4.25. The fourth-order valence-corrected chi connectivity index (χ4v) is 2.82. The van der Waals surface area contributed by atoms with Crippen molar-refractivity contribution in [2.75, 3.05) is 5.32 Å². The smallest absolute Gasteiger partial charge is 0.274 e. The fourth-order valence-electron chi connectivity index (χ4n) is 2.82. The van der Waals surface area contributed by atoms with Gasteiger partial charge in [-0.3, -0.25) is 19.8 Å². The maximum Gasteiger partial charge on any atom is 0.274 e. The van der Waals surface area contributed by atoms with Gasteiger partial charge in [0.1, 0.15) is 17.3 Å². The van der Waals surface area contributed by atoms with Crippen LogP contribution in [-0.2, 0) is 0 Å². The molecule has 0 bridgehead atoms. The van der Waals surface area contributed by atoms with Crippen molar-refractivity contribution in [1.29, 1.82) is 0 Å². The fraction of sp³-hybridized carbons (Fsp3) is 0.0500. The summed E-state index contributed by atoms with van der Waals surface area (Å²) in [5.74, 6) is -1.90. The zero-order valence-electron chi connectivity index (χ0n) is 15.2. The molecule has 0 spiro atoms. The molecule has 9 heteroatoms. The zero-order chi connectivity index (χ0) is 20.5. The number of benzene rings is 2. The van der Waals surface area contributed by atoms with Gasteiger partial charge in [-0.05, 0) is 31.2 Å². The van der Waals surface area contributed by atoms with Crippen molar-refractivity contribution in [3.05, 3.63) is 87.8 Å². The average molecular weight is 395 g/mol. The summed E-state index contributed by atoms with van der Waals surface area (Å²) < 4.78 is 28.0. The summed E-state index contributed by atoms with van der Waals surface area (Å²) in [6.07, 6.45) is 0. The van der Waals surface area contributed by atoms with Crippen LogP contribution in [0.3, 0.4) is 0 Å². The van der Waals surface area contributed by atoms with Crippen molar-refractivity contribution in [3.8, 4) is 16.9 Å². The van der Waals surface area contributed by atoms with E-state index < -0.39 is 23.1 Å². The van der Waals surface area contributed by atoms with Crippen LogP contribution in [-0.4, -0.2) is 25.9 Å². The van der Waals surface area contributed by atoms with Crippen molar-refractivity contribution >= 4 is 11.7 Å². The molecule has 7 nitrogen and oxygen atoms in total. The van der Waals surface area contributed by atoms with Gasteiger partial charge in [0.25, 0.3) is 11.5 Å². The number of carbonyl (C=O) groups is 1. The lowest BCUT2D eigenvalue weighted by Gasteiger charge is -2.03. The number of nitrogens with one attached hydrogen (secondary N) is 3. The highest BCUT2D eigenvalue weighted by atomic mass is 19.1. The number of anilines is 1. The normalized spacial score (nSPS) is 10.9. The average Bonchev–Trinajstić information content (AvgIpc) is 3.28. The summed E-state index contributed by atoms with van der Waals surface area (Å²) in [4.78, 5) is 24.6. The second kappa shape index (κ2) is 7.19. The summed E-state index contributed by atoms with van der Waals surface area (Å²) in [7, 11) is 0. The molecule has 1 amide bonds. The molecule has 4 aromatic rings. The Labute approximate surface area is 163 Å². The van der Waals surface area contributed by atoms with Crippen molar-refractivity contribution in [1.82, 2.24) is 20.0 Å². The molecule has 29 heavy (non-hydrogen) atoms. The largest absolute Gasteiger partial charge is 0.304 e. The monoisotopic (exact) mass is 395 g/mol. The number of hydrogen-bond acceptors (Lipinski definition) is 3. The van der Waals surface area contributed by atoms with Gasteiger partial charge in [-0.25, -0.2) is 13.5 Å².